The lowest BCUT2D eigenvalue weighted by molar-refractivity contribution is 0.419. The normalized spacial score (nSPS) is 11.8. The molecule has 0 amide bonds. The number of hydrogen-bond donors (Lipinski definition) is 0. The fourth-order valence-electron chi connectivity index (χ4n) is 1.86. The Balaban J connectivity index is 2.36. The summed E-state index contributed by atoms with van der Waals surface area (Å²) < 4.78 is 27.5. The number of sulfonamides is 1. The van der Waals surface area contributed by atoms with Gasteiger partial charge in [-0.2, -0.15) is 4.31 Å². The second-order valence-electron chi connectivity index (χ2n) is 4.33. The average Bonchev–Trinajstić information content (AvgIpc) is 2.45. The smallest absolute Gasteiger partial charge is 0.244 e. The van der Waals surface area contributed by atoms with Crippen molar-refractivity contribution >= 4 is 37.6 Å². The summed E-state index contributed by atoms with van der Waals surface area (Å²) in [7, 11) is -3.66. The first-order valence-corrected chi connectivity index (χ1v) is 8.91. The van der Waals surface area contributed by atoms with Gasteiger partial charge in [0.25, 0.3) is 0 Å². The standard InChI is InChI=1S/C14H14BrClN2O2S/c1-2-18(10-12-5-3-4-8-17-12)21(19,20)14-7-6-11(15)9-13(14)16/h3-9H,2,10H2,1H3. The lowest BCUT2D eigenvalue weighted by atomic mass is 10.3. The zero-order valence-electron chi connectivity index (χ0n) is 11.3. The maximum Gasteiger partial charge on any atom is 0.244 e. The summed E-state index contributed by atoms with van der Waals surface area (Å²) >= 11 is 9.33. The van der Waals surface area contributed by atoms with Crippen LogP contribution in [0.4, 0.5) is 0 Å². The monoisotopic (exact) mass is 388 g/mol. The molecule has 0 saturated carbocycles. The van der Waals surface area contributed by atoms with Crippen molar-refractivity contribution in [1.29, 1.82) is 0 Å². The number of aromatic nitrogens is 1. The van der Waals surface area contributed by atoms with Crippen LogP contribution in [0.25, 0.3) is 0 Å². The first-order valence-electron chi connectivity index (χ1n) is 6.30. The predicted molar refractivity (Wildman–Crippen MR) is 86.7 cm³/mol. The molecule has 1 aromatic carbocycles. The maximum atomic E-state index is 12.7. The van der Waals surface area contributed by atoms with Crippen LogP contribution in [0.1, 0.15) is 12.6 Å². The van der Waals surface area contributed by atoms with Gasteiger partial charge in [0.15, 0.2) is 0 Å². The molecule has 0 radical (unpaired) electrons. The average molecular weight is 390 g/mol. The topological polar surface area (TPSA) is 50.3 Å². The Morgan fingerprint density at radius 2 is 2.05 bits per heavy atom. The Labute approximate surface area is 137 Å². The van der Waals surface area contributed by atoms with Crippen LogP contribution < -0.4 is 0 Å². The molecule has 0 aliphatic heterocycles. The number of nitrogens with zero attached hydrogens (tertiary/aromatic N) is 2. The molecule has 0 N–H and O–H groups in total. The fraction of sp³-hybridized carbons (Fsp3) is 0.214. The van der Waals surface area contributed by atoms with Gasteiger partial charge in [-0.3, -0.25) is 4.98 Å². The summed E-state index contributed by atoms with van der Waals surface area (Å²) in [5.41, 5.74) is 0.691. The van der Waals surface area contributed by atoms with E-state index in [9.17, 15) is 8.42 Å². The molecule has 21 heavy (non-hydrogen) atoms. The van der Waals surface area contributed by atoms with Gasteiger partial charge in [0.05, 0.1) is 17.3 Å². The van der Waals surface area contributed by atoms with E-state index in [0.29, 0.717) is 12.2 Å². The van der Waals surface area contributed by atoms with Gasteiger partial charge in [0, 0.05) is 17.2 Å². The Kier molecular flexibility index (Phi) is 5.37. The SMILES string of the molecule is CCN(Cc1ccccn1)S(=O)(=O)c1ccc(Br)cc1Cl. The Morgan fingerprint density at radius 1 is 1.29 bits per heavy atom. The quantitative estimate of drug-likeness (QED) is 0.783. The van der Waals surface area contributed by atoms with Gasteiger partial charge < -0.3 is 0 Å². The van der Waals surface area contributed by atoms with Gasteiger partial charge in [-0.25, -0.2) is 8.42 Å². The van der Waals surface area contributed by atoms with Crippen LogP contribution in [-0.2, 0) is 16.6 Å². The minimum Gasteiger partial charge on any atom is -0.260 e. The number of rotatable bonds is 5. The molecule has 7 heteroatoms. The largest absolute Gasteiger partial charge is 0.260 e. The lowest BCUT2D eigenvalue weighted by Gasteiger charge is -2.20. The third-order valence-corrected chi connectivity index (χ3v) is 5.83. The molecule has 1 heterocycles. The third-order valence-electron chi connectivity index (χ3n) is 2.93. The van der Waals surface area contributed by atoms with Gasteiger partial charge in [-0.05, 0) is 30.3 Å². The summed E-state index contributed by atoms with van der Waals surface area (Å²) in [5.74, 6) is 0. The second kappa shape index (κ2) is 6.87. The van der Waals surface area contributed by atoms with Gasteiger partial charge in [-0.15, -0.1) is 0 Å². The highest BCUT2D eigenvalue weighted by Crippen LogP contribution is 2.28. The van der Waals surface area contributed by atoms with Crippen LogP contribution in [0.2, 0.25) is 5.02 Å². The van der Waals surface area contributed by atoms with E-state index in [1.807, 2.05) is 6.07 Å². The van der Waals surface area contributed by atoms with Crippen LogP contribution >= 0.6 is 27.5 Å². The van der Waals surface area contributed by atoms with E-state index in [2.05, 4.69) is 20.9 Å². The molecule has 0 aliphatic rings. The predicted octanol–water partition coefficient (Wildman–Crippen LogP) is 3.71. The van der Waals surface area contributed by atoms with E-state index in [1.165, 1.54) is 10.4 Å². The molecule has 1 aromatic heterocycles. The number of hydrogen-bond acceptors (Lipinski definition) is 3. The van der Waals surface area contributed by atoms with Gasteiger partial charge >= 0.3 is 0 Å². The molecule has 0 saturated heterocycles. The summed E-state index contributed by atoms with van der Waals surface area (Å²) in [5, 5.41) is 0.198. The third kappa shape index (κ3) is 3.83. The van der Waals surface area contributed by atoms with Crippen molar-refractivity contribution in [1.82, 2.24) is 9.29 Å². The first kappa shape index (κ1) is 16.4. The minimum atomic E-state index is -3.66. The van der Waals surface area contributed by atoms with Crippen LogP contribution in [0.5, 0.6) is 0 Å². The van der Waals surface area contributed by atoms with Crippen molar-refractivity contribution in [2.75, 3.05) is 6.54 Å². The Morgan fingerprint density at radius 3 is 2.62 bits per heavy atom. The summed E-state index contributed by atoms with van der Waals surface area (Å²) in [6.45, 7) is 2.34. The minimum absolute atomic E-state index is 0.102. The van der Waals surface area contributed by atoms with E-state index >= 15 is 0 Å². The van der Waals surface area contributed by atoms with E-state index < -0.39 is 10.0 Å². The van der Waals surface area contributed by atoms with Crippen molar-refractivity contribution in [2.45, 2.75) is 18.4 Å². The molecule has 0 fully saturated rings. The van der Waals surface area contributed by atoms with Crippen molar-refractivity contribution in [3.8, 4) is 0 Å². The van der Waals surface area contributed by atoms with E-state index in [0.717, 1.165) is 4.47 Å². The van der Waals surface area contributed by atoms with Crippen molar-refractivity contribution in [2.24, 2.45) is 0 Å². The molecule has 112 valence electrons. The van der Waals surface area contributed by atoms with Crippen molar-refractivity contribution in [3.05, 3.63) is 57.8 Å². The molecule has 0 spiro atoms. The van der Waals surface area contributed by atoms with E-state index in [-0.39, 0.29) is 16.5 Å². The number of pyridine rings is 1. The van der Waals surface area contributed by atoms with Crippen LogP contribution in [0, 0.1) is 0 Å². The van der Waals surface area contributed by atoms with Crippen LogP contribution in [0.15, 0.2) is 52.0 Å². The highest BCUT2D eigenvalue weighted by Gasteiger charge is 2.26. The van der Waals surface area contributed by atoms with Crippen LogP contribution in [-0.4, -0.2) is 24.3 Å². The molecule has 2 aromatic rings. The molecule has 4 nitrogen and oxygen atoms in total. The van der Waals surface area contributed by atoms with Gasteiger partial charge in [0.1, 0.15) is 4.90 Å². The molecular formula is C14H14BrClN2O2S. The van der Waals surface area contributed by atoms with Crippen LogP contribution in [0.3, 0.4) is 0 Å². The van der Waals surface area contributed by atoms with E-state index in [1.54, 1.807) is 37.4 Å². The Bertz CT molecular complexity index is 723. The number of benzene rings is 1. The zero-order valence-corrected chi connectivity index (χ0v) is 14.5. The molecule has 0 unspecified atom stereocenters. The summed E-state index contributed by atoms with van der Waals surface area (Å²) in [6, 6.07) is 10.1. The molecule has 2 rings (SSSR count). The molecule has 0 bridgehead atoms. The van der Waals surface area contributed by atoms with E-state index in [4.69, 9.17) is 11.6 Å². The Hall–Kier alpha value is -0.950. The number of halogens is 2. The molecular weight excluding hydrogens is 376 g/mol. The van der Waals surface area contributed by atoms with Crippen molar-refractivity contribution in [3.63, 3.8) is 0 Å². The highest BCUT2D eigenvalue weighted by molar-refractivity contribution is 9.10. The molecule has 0 atom stereocenters. The summed E-state index contributed by atoms with van der Waals surface area (Å²) in [6.07, 6.45) is 1.64. The molecule has 0 aliphatic carbocycles. The maximum absolute atomic E-state index is 12.7. The first-order chi connectivity index (χ1) is 9.95. The zero-order chi connectivity index (χ0) is 15.5. The fourth-order valence-corrected chi connectivity index (χ4v) is 4.29. The summed E-state index contributed by atoms with van der Waals surface area (Å²) in [4.78, 5) is 4.27. The highest BCUT2D eigenvalue weighted by atomic mass is 79.9. The second-order valence-corrected chi connectivity index (χ2v) is 7.56. The van der Waals surface area contributed by atoms with Gasteiger partial charge in [0.2, 0.25) is 10.0 Å². The lowest BCUT2D eigenvalue weighted by Crippen LogP contribution is -2.31. The van der Waals surface area contributed by atoms with Gasteiger partial charge in [-0.1, -0.05) is 40.5 Å². The van der Waals surface area contributed by atoms with Crippen molar-refractivity contribution < 1.29 is 8.42 Å².